The topological polar surface area (TPSA) is 49.9 Å². The van der Waals surface area contributed by atoms with Crippen molar-refractivity contribution in [2.75, 3.05) is 27.2 Å². The number of carbonyl (C=O) groups is 2. The molecular formula is C27H33ClN2O3S. The SMILES string of the molecule is CN(C)/C=C/C(=O)c1ccc(CSc2c(Cl)ccc3c2CCN(C(=O)OC(C)(C)C)CC3)cc1. The zero-order chi connectivity index (χ0) is 24.9. The molecule has 0 atom stereocenters. The van der Waals surface area contributed by atoms with Crippen LogP contribution >= 0.6 is 23.4 Å². The van der Waals surface area contributed by atoms with Crippen molar-refractivity contribution in [3.05, 3.63) is 76.0 Å². The number of hydrogen-bond donors (Lipinski definition) is 0. The number of fused-ring (bicyclic) bond motifs is 1. The number of benzene rings is 2. The molecule has 0 unspecified atom stereocenters. The summed E-state index contributed by atoms with van der Waals surface area (Å²) in [6.45, 7) is 6.89. The van der Waals surface area contributed by atoms with E-state index in [0.29, 0.717) is 18.7 Å². The van der Waals surface area contributed by atoms with E-state index in [4.69, 9.17) is 16.3 Å². The van der Waals surface area contributed by atoms with E-state index >= 15 is 0 Å². The highest BCUT2D eigenvalue weighted by molar-refractivity contribution is 7.98. The van der Waals surface area contributed by atoms with Gasteiger partial charge in [0.05, 0.1) is 5.02 Å². The van der Waals surface area contributed by atoms with Gasteiger partial charge in [-0.15, -0.1) is 11.8 Å². The summed E-state index contributed by atoms with van der Waals surface area (Å²) in [5.41, 5.74) is 3.72. The molecule has 3 rings (SSSR count). The summed E-state index contributed by atoms with van der Waals surface area (Å²) >= 11 is 8.31. The summed E-state index contributed by atoms with van der Waals surface area (Å²) in [5, 5.41) is 0.732. The lowest BCUT2D eigenvalue weighted by molar-refractivity contribution is 0.0258. The Morgan fingerprint density at radius 1 is 1.09 bits per heavy atom. The fourth-order valence-electron chi connectivity index (χ4n) is 3.66. The second-order valence-corrected chi connectivity index (χ2v) is 11.0. The summed E-state index contributed by atoms with van der Waals surface area (Å²) in [6, 6.07) is 11.7. The third kappa shape index (κ3) is 7.28. The van der Waals surface area contributed by atoms with Crippen LogP contribution in [0.5, 0.6) is 0 Å². The molecule has 1 aliphatic heterocycles. The Morgan fingerprint density at radius 3 is 2.41 bits per heavy atom. The molecule has 182 valence electrons. The van der Waals surface area contributed by atoms with E-state index in [-0.39, 0.29) is 11.9 Å². The molecular weight excluding hydrogens is 468 g/mol. The first-order valence-electron chi connectivity index (χ1n) is 11.4. The van der Waals surface area contributed by atoms with Crippen LogP contribution in [0.4, 0.5) is 4.79 Å². The Kier molecular flexibility index (Phi) is 8.72. The lowest BCUT2D eigenvalue weighted by Crippen LogP contribution is -2.38. The monoisotopic (exact) mass is 500 g/mol. The highest BCUT2D eigenvalue weighted by atomic mass is 35.5. The summed E-state index contributed by atoms with van der Waals surface area (Å²) in [4.78, 5) is 29.5. The molecule has 5 nitrogen and oxygen atoms in total. The molecule has 0 aromatic heterocycles. The van der Waals surface area contributed by atoms with E-state index in [2.05, 4.69) is 6.07 Å². The van der Waals surface area contributed by atoms with Gasteiger partial charge in [0, 0.05) is 55.7 Å². The van der Waals surface area contributed by atoms with Crippen molar-refractivity contribution in [3.8, 4) is 0 Å². The van der Waals surface area contributed by atoms with Gasteiger partial charge in [0.2, 0.25) is 0 Å². The minimum absolute atomic E-state index is 0.0149. The van der Waals surface area contributed by atoms with Crippen molar-refractivity contribution in [1.82, 2.24) is 9.80 Å². The van der Waals surface area contributed by atoms with Gasteiger partial charge >= 0.3 is 6.09 Å². The largest absolute Gasteiger partial charge is 0.444 e. The molecule has 0 bridgehead atoms. The van der Waals surface area contributed by atoms with Gasteiger partial charge in [0.25, 0.3) is 0 Å². The zero-order valence-electron chi connectivity index (χ0n) is 20.6. The maximum absolute atomic E-state index is 12.6. The Balaban J connectivity index is 1.69. The maximum Gasteiger partial charge on any atom is 0.410 e. The maximum atomic E-state index is 12.6. The number of allylic oxidation sites excluding steroid dienone is 1. The van der Waals surface area contributed by atoms with Gasteiger partial charge in [0.15, 0.2) is 5.78 Å². The van der Waals surface area contributed by atoms with Crippen LogP contribution in [0.2, 0.25) is 5.02 Å². The van der Waals surface area contributed by atoms with Crippen molar-refractivity contribution >= 4 is 35.2 Å². The van der Waals surface area contributed by atoms with Crippen LogP contribution < -0.4 is 0 Å². The van der Waals surface area contributed by atoms with E-state index in [9.17, 15) is 9.59 Å². The fourth-order valence-corrected chi connectivity index (χ4v) is 5.12. The van der Waals surface area contributed by atoms with Gasteiger partial charge < -0.3 is 14.5 Å². The quantitative estimate of drug-likeness (QED) is 0.267. The molecule has 34 heavy (non-hydrogen) atoms. The average Bonchev–Trinajstić information content (AvgIpc) is 2.99. The first-order chi connectivity index (χ1) is 16.0. The molecule has 0 N–H and O–H groups in total. The van der Waals surface area contributed by atoms with Crippen LogP contribution in [-0.2, 0) is 23.3 Å². The van der Waals surface area contributed by atoms with Crippen LogP contribution in [0, 0.1) is 0 Å². The van der Waals surface area contributed by atoms with Crippen LogP contribution in [0.25, 0.3) is 0 Å². The van der Waals surface area contributed by atoms with Crippen LogP contribution in [-0.4, -0.2) is 54.5 Å². The highest BCUT2D eigenvalue weighted by Crippen LogP contribution is 2.36. The molecule has 2 aromatic carbocycles. The number of carbonyl (C=O) groups excluding carboxylic acids is 2. The first-order valence-corrected chi connectivity index (χ1v) is 12.8. The van der Waals surface area contributed by atoms with E-state index < -0.39 is 5.60 Å². The minimum Gasteiger partial charge on any atom is -0.444 e. The van der Waals surface area contributed by atoms with Gasteiger partial charge in [0.1, 0.15) is 5.60 Å². The van der Waals surface area contributed by atoms with E-state index in [1.165, 1.54) is 11.1 Å². The Labute approximate surface area is 212 Å². The van der Waals surface area contributed by atoms with E-state index in [1.807, 2.05) is 70.1 Å². The van der Waals surface area contributed by atoms with Crippen molar-refractivity contribution in [2.45, 2.75) is 49.9 Å². The number of halogens is 1. The molecule has 1 amide bonds. The van der Waals surface area contributed by atoms with Crippen LogP contribution in [0.1, 0.15) is 47.8 Å². The first kappa shape index (κ1) is 26.2. The fraction of sp³-hybridized carbons (Fsp3) is 0.407. The molecule has 0 radical (unpaired) electrons. The van der Waals surface area contributed by atoms with E-state index in [0.717, 1.165) is 34.1 Å². The van der Waals surface area contributed by atoms with Gasteiger partial charge in [-0.3, -0.25) is 4.79 Å². The molecule has 1 heterocycles. The number of hydrogen-bond acceptors (Lipinski definition) is 5. The predicted molar refractivity (Wildman–Crippen MR) is 140 cm³/mol. The lowest BCUT2D eigenvalue weighted by Gasteiger charge is -2.26. The average molecular weight is 501 g/mol. The van der Waals surface area contributed by atoms with Crippen molar-refractivity contribution in [3.63, 3.8) is 0 Å². The smallest absolute Gasteiger partial charge is 0.410 e. The van der Waals surface area contributed by atoms with Gasteiger partial charge in [-0.2, -0.15) is 0 Å². The predicted octanol–water partition coefficient (Wildman–Crippen LogP) is 6.23. The summed E-state index contributed by atoms with van der Waals surface area (Å²) in [6.07, 6.45) is 4.57. The second kappa shape index (κ2) is 11.3. The third-order valence-electron chi connectivity index (χ3n) is 5.39. The zero-order valence-corrected chi connectivity index (χ0v) is 22.1. The van der Waals surface area contributed by atoms with Crippen molar-refractivity contribution < 1.29 is 14.3 Å². The molecule has 0 spiro atoms. The lowest BCUT2D eigenvalue weighted by atomic mass is 10.0. The highest BCUT2D eigenvalue weighted by Gasteiger charge is 2.25. The minimum atomic E-state index is -0.511. The standard InChI is InChI=1S/C27H33ClN2O3S/c1-27(2,3)33-26(32)30-16-12-20-10-11-23(28)25(22(20)13-17-30)34-18-19-6-8-21(9-7-19)24(31)14-15-29(4)5/h6-11,14-15H,12-13,16-18H2,1-5H3/b15-14+. The number of nitrogens with zero attached hydrogens (tertiary/aromatic N) is 2. The number of amides is 1. The second-order valence-electron chi connectivity index (χ2n) is 9.61. The van der Waals surface area contributed by atoms with Crippen LogP contribution in [0.15, 0.2) is 53.6 Å². The Bertz CT molecular complexity index is 1060. The summed E-state index contributed by atoms with van der Waals surface area (Å²) in [7, 11) is 3.77. The molecule has 2 aromatic rings. The molecule has 1 aliphatic rings. The van der Waals surface area contributed by atoms with Gasteiger partial charge in [-0.05, 0) is 56.4 Å². The van der Waals surface area contributed by atoms with Crippen molar-refractivity contribution in [1.29, 1.82) is 0 Å². The molecule has 0 fully saturated rings. The molecule has 0 saturated carbocycles. The van der Waals surface area contributed by atoms with Crippen LogP contribution in [0.3, 0.4) is 0 Å². The molecule has 7 heteroatoms. The number of ketones is 1. The Morgan fingerprint density at radius 2 is 1.76 bits per heavy atom. The summed E-state index contributed by atoms with van der Waals surface area (Å²) < 4.78 is 5.57. The van der Waals surface area contributed by atoms with E-state index in [1.54, 1.807) is 28.9 Å². The third-order valence-corrected chi connectivity index (χ3v) is 7.05. The van der Waals surface area contributed by atoms with Gasteiger partial charge in [-0.1, -0.05) is 41.9 Å². The number of thioether (sulfide) groups is 1. The van der Waals surface area contributed by atoms with Crippen molar-refractivity contribution in [2.24, 2.45) is 0 Å². The molecule has 0 saturated heterocycles. The number of rotatable bonds is 6. The number of ether oxygens (including phenoxy) is 1. The Hall–Kier alpha value is -2.44. The normalized spacial score (nSPS) is 14.0. The molecule has 0 aliphatic carbocycles. The van der Waals surface area contributed by atoms with Gasteiger partial charge in [-0.25, -0.2) is 4.79 Å². The summed E-state index contributed by atoms with van der Waals surface area (Å²) in [5.74, 6) is 0.729.